The van der Waals surface area contributed by atoms with Gasteiger partial charge in [0.2, 0.25) is 0 Å². The minimum absolute atomic E-state index is 0.0272. The van der Waals surface area contributed by atoms with Gasteiger partial charge in [0.25, 0.3) is 0 Å². The number of amides is 1. The molecule has 1 aliphatic heterocycles. The van der Waals surface area contributed by atoms with Crippen LogP contribution >= 0.6 is 0 Å². The lowest BCUT2D eigenvalue weighted by Gasteiger charge is -2.34. The molecule has 0 saturated carbocycles. The molecular formula is C16H25N3O3. The standard InChI is InChI=1S/C16H25N3O3/c1-16(2,3)22-15(21)19-9-5-6-12(11-19)18-10-14(20)13-7-4-8-17-13/h4,7-8,12,17-18H,5-6,9-11H2,1-3H3/t12-/m1/s1. The van der Waals surface area contributed by atoms with Crippen LogP contribution in [0.1, 0.15) is 44.1 Å². The van der Waals surface area contributed by atoms with Gasteiger partial charge < -0.3 is 19.9 Å². The number of H-pyrrole nitrogens is 1. The Morgan fingerprint density at radius 2 is 2.23 bits per heavy atom. The molecule has 0 spiro atoms. The number of carbonyl (C=O) groups excluding carboxylic acids is 2. The highest BCUT2D eigenvalue weighted by atomic mass is 16.6. The molecule has 2 heterocycles. The largest absolute Gasteiger partial charge is 0.444 e. The first kappa shape index (κ1) is 16.5. The van der Waals surface area contributed by atoms with E-state index in [0.29, 0.717) is 18.8 Å². The number of carbonyl (C=O) groups is 2. The number of nitrogens with one attached hydrogen (secondary N) is 2. The Labute approximate surface area is 131 Å². The van der Waals surface area contributed by atoms with Crippen molar-refractivity contribution in [2.24, 2.45) is 0 Å². The number of ether oxygens (including phenoxy) is 1. The molecule has 1 fully saturated rings. The molecule has 1 atom stereocenters. The molecule has 1 aromatic rings. The van der Waals surface area contributed by atoms with E-state index < -0.39 is 5.60 Å². The quantitative estimate of drug-likeness (QED) is 0.836. The molecule has 2 N–H and O–H groups in total. The molecule has 122 valence electrons. The van der Waals surface area contributed by atoms with E-state index in [1.807, 2.05) is 20.8 Å². The number of ketones is 1. The van der Waals surface area contributed by atoms with Crippen LogP contribution in [0.15, 0.2) is 18.3 Å². The molecule has 1 amide bonds. The van der Waals surface area contributed by atoms with E-state index in [-0.39, 0.29) is 24.5 Å². The van der Waals surface area contributed by atoms with Gasteiger partial charge in [0.15, 0.2) is 5.78 Å². The van der Waals surface area contributed by atoms with Gasteiger partial charge in [0.05, 0.1) is 12.2 Å². The zero-order chi connectivity index (χ0) is 16.2. The maximum absolute atomic E-state index is 12.1. The summed E-state index contributed by atoms with van der Waals surface area (Å²) in [6.45, 7) is 7.14. The molecular weight excluding hydrogens is 282 g/mol. The topological polar surface area (TPSA) is 74.4 Å². The fraction of sp³-hybridized carbons (Fsp3) is 0.625. The summed E-state index contributed by atoms with van der Waals surface area (Å²) in [4.78, 5) is 28.7. The van der Waals surface area contributed by atoms with Gasteiger partial charge in [-0.15, -0.1) is 0 Å². The fourth-order valence-electron chi connectivity index (χ4n) is 2.47. The molecule has 6 nitrogen and oxygen atoms in total. The number of hydrogen-bond acceptors (Lipinski definition) is 4. The number of rotatable bonds is 4. The van der Waals surface area contributed by atoms with Crippen LogP contribution in [0.3, 0.4) is 0 Å². The lowest BCUT2D eigenvalue weighted by Crippen LogP contribution is -2.50. The fourth-order valence-corrected chi connectivity index (χ4v) is 2.47. The normalized spacial score (nSPS) is 19.0. The zero-order valence-electron chi connectivity index (χ0n) is 13.5. The van der Waals surface area contributed by atoms with Crippen molar-refractivity contribution in [2.45, 2.75) is 45.3 Å². The minimum Gasteiger partial charge on any atom is -0.444 e. The average molecular weight is 307 g/mol. The Morgan fingerprint density at radius 3 is 2.86 bits per heavy atom. The number of Topliss-reactive ketones (excluding diaryl/α,β-unsaturated/α-hetero) is 1. The maximum atomic E-state index is 12.1. The van der Waals surface area contributed by atoms with Crippen LogP contribution in [0.5, 0.6) is 0 Å². The van der Waals surface area contributed by atoms with E-state index in [2.05, 4.69) is 10.3 Å². The van der Waals surface area contributed by atoms with Gasteiger partial charge in [-0.1, -0.05) is 0 Å². The second-order valence-corrected chi connectivity index (χ2v) is 6.65. The minimum atomic E-state index is -0.485. The molecule has 1 aliphatic rings. The van der Waals surface area contributed by atoms with E-state index in [0.717, 1.165) is 12.8 Å². The van der Waals surface area contributed by atoms with Crippen molar-refractivity contribution in [3.05, 3.63) is 24.0 Å². The number of hydrogen-bond donors (Lipinski definition) is 2. The number of aromatic amines is 1. The van der Waals surface area contributed by atoms with Crippen molar-refractivity contribution < 1.29 is 14.3 Å². The van der Waals surface area contributed by atoms with Crippen LogP contribution in [0.2, 0.25) is 0 Å². The van der Waals surface area contributed by atoms with Gasteiger partial charge in [-0.25, -0.2) is 4.79 Å². The van der Waals surface area contributed by atoms with Gasteiger partial charge in [-0.3, -0.25) is 4.79 Å². The van der Waals surface area contributed by atoms with Gasteiger partial charge in [0.1, 0.15) is 5.60 Å². The van der Waals surface area contributed by atoms with Gasteiger partial charge in [0, 0.05) is 25.3 Å². The third-order valence-electron chi connectivity index (χ3n) is 3.52. The summed E-state index contributed by atoms with van der Waals surface area (Å²) in [5.74, 6) is 0.0272. The second kappa shape index (κ2) is 6.96. The number of likely N-dealkylation sites (tertiary alicyclic amines) is 1. The molecule has 0 aromatic carbocycles. The van der Waals surface area contributed by atoms with E-state index in [1.54, 1.807) is 23.2 Å². The van der Waals surface area contributed by atoms with Crippen molar-refractivity contribution in [1.82, 2.24) is 15.2 Å². The SMILES string of the molecule is CC(C)(C)OC(=O)N1CCC[C@@H](NCC(=O)c2ccc[nH]2)C1. The lowest BCUT2D eigenvalue weighted by molar-refractivity contribution is 0.0188. The summed E-state index contributed by atoms with van der Waals surface area (Å²) < 4.78 is 5.40. The highest BCUT2D eigenvalue weighted by Crippen LogP contribution is 2.15. The summed E-state index contributed by atoms with van der Waals surface area (Å²) >= 11 is 0. The smallest absolute Gasteiger partial charge is 0.410 e. The Bertz CT molecular complexity index is 505. The first-order valence-electron chi connectivity index (χ1n) is 7.73. The maximum Gasteiger partial charge on any atom is 0.410 e. The molecule has 22 heavy (non-hydrogen) atoms. The number of nitrogens with zero attached hydrogens (tertiary/aromatic N) is 1. The molecule has 0 aliphatic carbocycles. The highest BCUT2D eigenvalue weighted by Gasteiger charge is 2.27. The Hall–Kier alpha value is -1.82. The van der Waals surface area contributed by atoms with E-state index in [4.69, 9.17) is 4.74 Å². The third kappa shape index (κ3) is 4.87. The van der Waals surface area contributed by atoms with Crippen LogP contribution in [0.25, 0.3) is 0 Å². The molecule has 2 rings (SSSR count). The molecule has 1 aromatic heterocycles. The van der Waals surface area contributed by atoms with Crippen LogP contribution in [-0.4, -0.2) is 53.0 Å². The van der Waals surface area contributed by atoms with Crippen molar-refractivity contribution >= 4 is 11.9 Å². The van der Waals surface area contributed by atoms with Crippen molar-refractivity contribution in [3.63, 3.8) is 0 Å². The van der Waals surface area contributed by atoms with Crippen LogP contribution < -0.4 is 5.32 Å². The predicted molar refractivity (Wildman–Crippen MR) is 84.0 cm³/mol. The summed E-state index contributed by atoms with van der Waals surface area (Å²) in [5.41, 5.74) is 0.119. The predicted octanol–water partition coefficient (Wildman–Crippen LogP) is 2.19. The van der Waals surface area contributed by atoms with Crippen LogP contribution in [0.4, 0.5) is 4.79 Å². The van der Waals surface area contributed by atoms with E-state index in [9.17, 15) is 9.59 Å². The van der Waals surface area contributed by atoms with Crippen LogP contribution in [0, 0.1) is 0 Å². The average Bonchev–Trinajstić information content (AvgIpc) is 2.97. The Morgan fingerprint density at radius 1 is 1.45 bits per heavy atom. The van der Waals surface area contributed by atoms with Gasteiger partial charge in [-0.2, -0.15) is 0 Å². The summed E-state index contributed by atoms with van der Waals surface area (Å²) in [5, 5.41) is 3.24. The van der Waals surface area contributed by atoms with E-state index in [1.165, 1.54) is 0 Å². The van der Waals surface area contributed by atoms with Crippen molar-refractivity contribution in [1.29, 1.82) is 0 Å². The molecule has 0 bridgehead atoms. The summed E-state index contributed by atoms with van der Waals surface area (Å²) in [7, 11) is 0. The van der Waals surface area contributed by atoms with Gasteiger partial charge >= 0.3 is 6.09 Å². The molecule has 6 heteroatoms. The Kier molecular flexibility index (Phi) is 5.24. The first-order valence-corrected chi connectivity index (χ1v) is 7.73. The van der Waals surface area contributed by atoms with Crippen LogP contribution in [-0.2, 0) is 4.74 Å². The number of piperidine rings is 1. The Balaban J connectivity index is 1.80. The first-order chi connectivity index (χ1) is 10.3. The summed E-state index contributed by atoms with van der Waals surface area (Å²) in [6, 6.07) is 3.69. The molecule has 0 unspecified atom stereocenters. The molecule has 1 saturated heterocycles. The number of aromatic nitrogens is 1. The molecule has 0 radical (unpaired) electrons. The van der Waals surface area contributed by atoms with Crippen molar-refractivity contribution in [2.75, 3.05) is 19.6 Å². The lowest BCUT2D eigenvalue weighted by atomic mass is 10.1. The van der Waals surface area contributed by atoms with E-state index >= 15 is 0 Å². The second-order valence-electron chi connectivity index (χ2n) is 6.65. The third-order valence-corrected chi connectivity index (χ3v) is 3.52. The monoisotopic (exact) mass is 307 g/mol. The van der Waals surface area contributed by atoms with Crippen molar-refractivity contribution in [3.8, 4) is 0 Å². The highest BCUT2D eigenvalue weighted by molar-refractivity contribution is 5.95. The zero-order valence-corrected chi connectivity index (χ0v) is 13.5. The summed E-state index contributed by atoms with van der Waals surface area (Å²) in [6.07, 6.45) is 3.32. The van der Waals surface area contributed by atoms with Gasteiger partial charge in [-0.05, 0) is 45.7 Å².